The fraction of sp³-hybridized carbons (Fsp3) is 0.263. The molecule has 9 nitrogen and oxygen atoms in total. The molecular weight excluding hydrogens is 773 g/mol. The van der Waals surface area contributed by atoms with Gasteiger partial charge in [-0.1, -0.05) is 42.5 Å². The molecule has 2 aromatic heterocycles. The first kappa shape index (κ1) is 41.3. The lowest BCUT2D eigenvalue weighted by Gasteiger charge is -2.27. The molecule has 0 saturated heterocycles. The summed E-state index contributed by atoms with van der Waals surface area (Å²) in [6, 6.07) is 24.5. The van der Waals surface area contributed by atoms with Crippen LogP contribution < -0.4 is 14.0 Å². The van der Waals surface area contributed by atoms with Crippen molar-refractivity contribution >= 4 is 48.8 Å². The van der Waals surface area contributed by atoms with Crippen LogP contribution >= 0.6 is 0 Å². The van der Waals surface area contributed by atoms with Crippen LogP contribution in [0.1, 0.15) is 33.4 Å². The van der Waals surface area contributed by atoms with Crippen molar-refractivity contribution in [1.29, 1.82) is 0 Å². The molecule has 0 bridgehead atoms. The van der Waals surface area contributed by atoms with Gasteiger partial charge in [-0.25, -0.2) is 16.8 Å². The number of anilines is 1. The maximum Gasteiger partial charge on any atom is 0.485 e. The predicted molar refractivity (Wildman–Crippen MR) is 193 cm³/mol. The fourth-order valence-corrected chi connectivity index (χ4v) is 6.62. The molecule has 17 heteroatoms. The second kappa shape index (κ2) is 15.4. The van der Waals surface area contributed by atoms with Gasteiger partial charge in [0.05, 0.1) is 16.5 Å². The van der Waals surface area contributed by atoms with E-state index in [0.717, 1.165) is 25.9 Å². The summed E-state index contributed by atoms with van der Waals surface area (Å²) < 4.78 is 123. The van der Waals surface area contributed by atoms with Gasteiger partial charge in [0.2, 0.25) is 11.4 Å². The van der Waals surface area contributed by atoms with Crippen molar-refractivity contribution in [3.05, 3.63) is 113 Å². The summed E-state index contributed by atoms with van der Waals surface area (Å²) in [4.78, 5) is 2.13. The van der Waals surface area contributed by atoms with Gasteiger partial charge in [0.1, 0.15) is 0 Å². The van der Waals surface area contributed by atoms with Gasteiger partial charge in [-0.3, -0.25) is 0 Å². The van der Waals surface area contributed by atoms with Crippen molar-refractivity contribution in [3.63, 3.8) is 0 Å². The van der Waals surface area contributed by atoms with Gasteiger partial charge < -0.3 is 14.0 Å². The monoisotopic (exact) mass is 807 g/mol. The molecule has 55 heavy (non-hydrogen) atoms. The zero-order valence-electron chi connectivity index (χ0n) is 29.9. The summed E-state index contributed by atoms with van der Waals surface area (Å²) in [6.07, 6.45) is 11.2. The number of benzene rings is 3. The minimum Gasteiger partial charge on any atom is -0.741 e. The third-order valence-electron chi connectivity index (χ3n) is 9.46. The molecule has 0 amide bonds. The zero-order chi connectivity index (χ0) is 40.7. The molecule has 0 spiro atoms. The van der Waals surface area contributed by atoms with Gasteiger partial charge in [0.15, 0.2) is 45.7 Å². The standard InChI is InChI=1S/C36H35N3.2CHF3O3S/c1-24-25(2)31-18-22-39-20-16-28-7-5-6-8-32(28)36(39)35(31)34-30(24)17-21-38-19-15-27(23-33(34)38)10-9-26-11-13-29(14-12-26)37(3)4;2*2-1(3,4)8(5,6)7/h5-16,19-20,23H,17-18,21-22H2,1-4H3;2*(H,5,6,7)/q+2;;/p-2. The van der Waals surface area contributed by atoms with Crippen LogP contribution in [0.15, 0.2) is 79.1 Å². The molecule has 0 unspecified atom stereocenters. The summed E-state index contributed by atoms with van der Waals surface area (Å²) >= 11 is 0. The molecule has 0 atom stereocenters. The van der Waals surface area contributed by atoms with Crippen molar-refractivity contribution in [1.82, 2.24) is 0 Å². The lowest BCUT2D eigenvalue weighted by atomic mass is 9.79. The highest BCUT2D eigenvalue weighted by Crippen LogP contribution is 2.44. The first-order chi connectivity index (χ1) is 25.5. The summed E-state index contributed by atoms with van der Waals surface area (Å²) in [7, 11) is -8.02. The maximum absolute atomic E-state index is 10.7. The number of aromatic nitrogens is 2. The van der Waals surface area contributed by atoms with Crippen molar-refractivity contribution in [2.75, 3.05) is 19.0 Å². The van der Waals surface area contributed by atoms with E-state index < -0.39 is 31.3 Å². The second-order valence-corrected chi connectivity index (χ2v) is 15.8. The molecule has 5 aromatic rings. The van der Waals surface area contributed by atoms with Crippen LogP contribution in [0.3, 0.4) is 0 Å². The SMILES string of the molecule is Cc1c(C)c2c(c3c1CC[n+]1ccc(/C=C/c4ccc(N(C)C)cc4)cc1-3)-c1c3ccccc3cc[n+]1CC2.O=S(=O)([O-])C(F)(F)F.O=S(=O)([O-])C(F)(F)F. The van der Waals surface area contributed by atoms with Crippen LogP contribution in [0, 0.1) is 13.8 Å². The number of nitrogens with zero attached hydrogens (tertiary/aromatic N) is 3. The summed E-state index contributed by atoms with van der Waals surface area (Å²) in [5.41, 5.74) is 3.98. The van der Waals surface area contributed by atoms with Gasteiger partial charge in [-0.05, 0) is 70.8 Å². The van der Waals surface area contributed by atoms with Crippen LogP contribution in [-0.2, 0) is 46.2 Å². The molecule has 3 aromatic carbocycles. The average Bonchev–Trinajstić information content (AvgIpc) is 3.11. The Hall–Kier alpha value is -4.84. The Morgan fingerprint density at radius 1 is 0.673 bits per heavy atom. The van der Waals surface area contributed by atoms with E-state index in [0.29, 0.717) is 0 Å². The van der Waals surface area contributed by atoms with E-state index in [1.165, 1.54) is 72.4 Å². The normalized spacial score (nSPS) is 13.7. The van der Waals surface area contributed by atoms with Crippen LogP contribution in [0.4, 0.5) is 32.0 Å². The third kappa shape index (κ3) is 8.85. The Labute approximate surface area is 314 Å². The molecular formula is C38H35F6N3O6S2. The van der Waals surface area contributed by atoms with Gasteiger partial charge >= 0.3 is 11.0 Å². The summed E-state index contributed by atoms with van der Waals surface area (Å²) in [5, 5.41) is 2.66. The van der Waals surface area contributed by atoms with E-state index in [2.05, 4.69) is 133 Å². The number of halogens is 6. The van der Waals surface area contributed by atoms with Crippen LogP contribution in [0.2, 0.25) is 0 Å². The molecule has 2 aliphatic rings. The van der Waals surface area contributed by atoms with Crippen molar-refractivity contribution in [3.8, 4) is 22.5 Å². The van der Waals surface area contributed by atoms with Crippen LogP contribution in [0.25, 0.3) is 45.4 Å². The molecule has 0 aliphatic carbocycles. The van der Waals surface area contributed by atoms with E-state index in [-0.39, 0.29) is 0 Å². The average molecular weight is 808 g/mol. The number of fused-ring (bicyclic) bond motifs is 9. The largest absolute Gasteiger partial charge is 0.741 e. The third-order valence-corrected chi connectivity index (χ3v) is 10.6. The number of alkyl halides is 6. The van der Waals surface area contributed by atoms with Crippen LogP contribution in [-0.4, -0.2) is 51.1 Å². The Morgan fingerprint density at radius 2 is 1.16 bits per heavy atom. The second-order valence-electron chi connectivity index (χ2n) is 13.1. The number of aryl methyl sites for hydroxylation is 2. The van der Waals surface area contributed by atoms with Crippen LogP contribution in [0.5, 0.6) is 0 Å². The number of pyridine rings is 2. The minimum absolute atomic E-state index is 1.02. The zero-order valence-corrected chi connectivity index (χ0v) is 31.5. The molecule has 7 rings (SSSR count). The van der Waals surface area contributed by atoms with Gasteiger partial charge in [0.25, 0.3) is 0 Å². The molecule has 2 aliphatic heterocycles. The Morgan fingerprint density at radius 3 is 1.71 bits per heavy atom. The molecule has 0 N–H and O–H groups in total. The van der Waals surface area contributed by atoms with Crippen molar-refractivity contribution < 1.29 is 61.4 Å². The molecule has 0 fully saturated rings. The van der Waals surface area contributed by atoms with Gasteiger partial charge in [-0.2, -0.15) is 35.5 Å². The Balaban J connectivity index is 0.000000306. The first-order valence-corrected chi connectivity index (χ1v) is 19.4. The summed E-state index contributed by atoms with van der Waals surface area (Å²) in [6.45, 7) is 6.74. The Bertz CT molecular complexity index is 2480. The van der Waals surface area contributed by atoms with E-state index in [9.17, 15) is 26.3 Å². The van der Waals surface area contributed by atoms with Gasteiger partial charge in [0, 0.05) is 50.8 Å². The Kier molecular flexibility index (Phi) is 11.5. The number of hydrogen-bond donors (Lipinski definition) is 0. The highest BCUT2D eigenvalue weighted by molar-refractivity contribution is 7.86. The number of hydrogen-bond acceptors (Lipinski definition) is 7. The maximum atomic E-state index is 10.7. The van der Waals surface area contributed by atoms with E-state index in [1.807, 2.05) is 0 Å². The molecule has 4 heterocycles. The predicted octanol–water partition coefficient (Wildman–Crippen LogP) is 6.82. The lowest BCUT2D eigenvalue weighted by molar-refractivity contribution is -0.689. The first-order valence-electron chi connectivity index (χ1n) is 16.6. The van der Waals surface area contributed by atoms with E-state index in [1.54, 1.807) is 0 Å². The fourth-order valence-electron chi connectivity index (χ4n) is 6.62. The summed E-state index contributed by atoms with van der Waals surface area (Å²) in [5.74, 6) is 0. The molecule has 0 radical (unpaired) electrons. The van der Waals surface area contributed by atoms with Gasteiger partial charge in [-0.15, -0.1) is 0 Å². The van der Waals surface area contributed by atoms with E-state index in [4.69, 9.17) is 25.9 Å². The topological polar surface area (TPSA) is 125 Å². The highest BCUT2D eigenvalue weighted by atomic mass is 32.2. The lowest BCUT2D eigenvalue weighted by Crippen LogP contribution is -2.43. The quantitative estimate of drug-likeness (QED) is 0.0849. The van der Waals surface area contributed by atoms with Crippen molar-refractivity contribution in [2.45, 2.75) is 50.8 Å². The highest BCUT2D eigenvalue weighted by Gasteiger charge is 2.38. The number of rotatable bonds is 3. The van der Waals surface area contributed by atoms with Crippen molar-refractivity contribution in [2.24, 2.45) is 0 Å². The van der Waals surface area contributed by atoms with E-state index >= 15 is 0 Å². The smallest absolute Gasteiger partial charge is 0.485 e. The minimum atomic E-state index is -6.09. The molecule has 0 saturated carbocycles. The molecule has 292 valence electrons.